The van der Waals surface area contributed by atoms with Gasteiger partial charge in [-0.25, -0.2) is 9.97 Å². The van der Waals surface area contributed by atoms with Crippen molar-refractivity contribution in [3.05, 3.63) is 71.7 Å². The van der Waals surface area contributed by atoms with E-state index in [9.17, 15) is 4.79 Å². The first-order chi connectivity index (χ1) is 12.5. The van der Waals surface area contributed by atoms with E-state index in [1.165, 1.54) is 12.4 Å². The highest BCUT2D eigenvalue weighted by molar-refractivity contribution is 6.03. The van der Waals surface area contributed by atoms with E-state index in [4.69, 9.17) is 4.74 Å². The van der Waals surface area contributed by atoms with Crippen LogP contribution in [-0.4, -0.2) is 23.0 Å². The highest BCUT2D eigenvalue weighted by Gasteiger charge is 2.10. The van der Waals surface area contributed by atoms with Crippen LogP contribution < -0.4 is 15.4 Å². The number of benzene rings is 2. The fraction of sp³-hybridized carbons (Fsp3) is 0.150. The quantitative estimate of drug-likeness (QED) is 0.726. The van der Waals surface area contributed by atoms with Gasteiger partial charge < -0.3 is 15.4 Å². The molecule has 2 aromatic carbocycles. The third-order valence-electron chi connectivity index (χ3n) is 3.89. The Morgan fingerprint density at radius 3 is 2.42 bits per heavy atom. The van der Waals surface area contributed by atoms with Crippen molar-refractivity contribution in [3.63, 3.8) is 0 Å². The Balaban J connectivity index is 1.68. The van der Waals surface area contributed by atoms with E-state index in [-0.39, 0.29) is 11.6 Å². The third kappa shape index (κ3) is 4.16. The molecule has 0 spiro atoms. The summed E-state index contributed by atoms with van der Waals surface area (Å²) < 4.78 is 5.13. The minimum absolute atomic E-state index is 0.256. The SMILES string of the molecule is COc1ccc(Nc2cnc(C(=O)Nc3cc(C)ccc3C)cn2)cc1. The van der Waals surface area contributed by atoms with Crippen LogP contribution in [0.25, 0.3) is 0 Å². The Hall–Kier alpha value is -3.41. The molecule has 2 N–H and O–H groups in total. The highest BCUT2D eigenvalue weighted by atomic mass is 16.5. The summed E-state index contributed by atoms with van der Waals surface area (Å²) in [5, 5.41) is 6.00. The minimum Gasteiger partial charge on any atom is -0.497 e. The second kappa shape index (κ2) is 7.65. The number of nitrogens with zero attached hydrogens (tertiary/aromatic N) is 2. The molecule has 26 heavy (non-hydrogen) atoms. The summed E-state index contributed by atoms with van der Waals surface area (Å²) in [6.07, 6.45) is 2.98. The first kappa shape index (κ1) is 17.4. The van der Waals surface area contributed by atoms with Gasteiger partial charge in [0.25, 0.3) is 5.91 Å². The zero-order valence-corrected chi connectivity index (χ0v) is 14.9. The molecule has 0 fully saturated rings. The zero-order valence-electron chi connectivity index (χ0n) is 14.9. The van der Waals surface area contributed by atoms with Gasteiger partial charge in [-0.1, -0.05) is 12.1 Å². The largest absolute Gasteiger partial charge is 0.497 e. The average molecular weight is 348 g/mol. The lowest BCUT2D eigenvalue weighted by molar-refractivity contribution is 0.102. The van der Waals surface area contributed by atoms with E-state index >= 15 is 0 Å². The van der Waals surface area contributed by atoms with E-state index in [1.54, 1.807) is 7.11 Å². The van der Waals surface area contributed by atoms with Gasteiger partial charge >= 0.3 is 0 Å². The number of carbonyl (C=O) groups excluding carboxylic acids is 1. The first-order valence-corrected chi connectivity index (χ1v) is 8.17. The van der Waals surface area contributed by atoms with Gasteiger partial charge in [0.1, 0.15) is 17.3 Å². The predicted molar refractivity (Wildman–Crippen MR) is 102 cm³/mol. The van der Waals surface area contributed by atoms with Gasteiger partial charge in [0.15, 0.2) is 0 Å². The molecule has 0 bridgehead atoms. The molecule has 1 aromatic heterocycles. The van der Waals surface area contributed by atoms with Crippen LogP contribution in [0.5, 0.6) is 5.75 Å². The van der Waals surface area contributed by atoms with Gasteiger partial charge in [-0.2, -0.15) is 0 Å². The maximum absolute atomic E-state index is 12.4. The van der Waals surface area contributed by atoms with Crippen molar-refractivity contribution < 1.29 is 9.53 Å². The van der Waals surface area contributed by atoms with Crippen molar-refractivity contribution in [3.8, 4) is 5.75 Å². The molecule has 3 aromatic rings. The van der Waals surface area contributed by atoms with Crippen molar-refractivity contribution >= 4 is 23.1 Å². The smallest absolute Gasteiger partial charge is 0.275 e. The molecule has 1 amide bonds. The number of aromatic nitrogens is 2. The molecule has 0 atom stereocenters. The molecular formula is C20H20N4O2. The summed E-state index contributed by atoms with van der Waals surface area (Å²) in [6, 6.07) is 13.4. The molecule has 0 aliphatic carbocycles. The number of aryl methyl sites for hydroxylation is 2. The van der Waals surface area contributed by atoms with Crippen LogP contribution in [0.2, 0.25) is 0 Å². The Labute approximate surface area is 152 Å². The van der Waals surface area contributed by atoms with Gasteiger partial charge in [-0.15, -0.1) is 0 Å². The summed E-state index contributed by atoms with van der Waals surface area (Å²) in [6.45, 7) is 3.93. The topological polar surface area (TPSA) is 76.1 Å². The number of ether oxygens (including phenoxy) is 1. The number of amides is 1. The molecule has 6 heteroatoms. The van der Waals surface area contributed by atoms with Crippen LogP contribution in [-0.2, 0) is 0 Å². The van der Waals surface area contributed by atoms with Crippen molar-refractivity contribution in [2.24, 2.45) is 0 Å². The van der Waals surface area contributed by atoms with Gasteiger partial charge in [-0.3, -0.25) is 4.79 Å². The van der Waals surface area contributed by atoms with Gasteiger partial charge in [-0.05, 0) is 55.3 Å². The molecule has 6 nitrogen and oxygen atoms in total. The molecule has 132 valence electrons. The number of carbonyl (C=O) groups is 1. The molecule has 0 radical (unpaired) electrons. The Morgan fingerprint density at radius 2 is 1.77 bits per heavy atom. The van der Waals surface area contributed by atoms with E-state index in [1.807, 2.05) is 56.3 Å². The van der Waals surface area contributed by atoms with E-state index in [2.05, 4.69) is 20.6 Å². The van der Waals surface area contributed by atoms with E-state index in [0.29, 0.717) is 5.82 Å². The molecule has 0 saturated carbocycles. The van der Waals surface area contributed by atoms with Crippen molar-refractivity contribution in [2.75, 3.05) is 17.7 Å². The monoisotopic (exact) mass is 348 g/mol. The van der Waals surface area contributed by atoms with E-state index < -0.39 is 0 Å². The summed E-state index contributed by atoms with van der Waals surface area (Å²) in [5.74, 6) is 1.04. The lowest BCUT2D eigenvalue weighted by Gasteiger charge is -2.10. The van der Waals surface area contributed by atoms with Crippen molar-refractivity contribution in [2.45, 2.75) is 13.8 Å². The lowest BCUT2D eigenvalue weighted by Crippen LogP contribution is -2.15. The molecule has 0 saturated heterocycles. The normalized spacial score (nSPS) is 10.3. The number of methoxy groups -OCH3 is 1. The van der Waals surface area contributed by atoms with Crippen LogP contribution in [0.15, 0.2) is 54.9 Å². The van der Waals surface area contributed by atoms with Gasteiger partial charge in [0, 0.05) is 11.4 Å². The van der Waals surface area contributed by atoms with E-state index in [0.717, 1.165) is 28.3 Å². The van der Waals surface area contributed by atoms with Gasteiger partial charge in [0.2, 0.25) is 0 Å². The van der Waals surface area contributed by atoms with Crippen molar-refractivity contribution in [1.82, 2.24) is 9.97 Å². The first-order valence-electron chi connectivity index (χ1n) is 8.17. The number of rotatable bonds is 5. The Bertz CT molecular complexity index is 906. The van der Waals surface area contributed by atoms with Crippen LogP contribution in [0.1, 0.15) is 21.6 Å². The molecule has 3 rings (SSSR count). The molecule has 1 heterocycles. The zero-order chi connectivity index (χ0) is 18.5. The Kier molecular flexibility index (Phi) is 5.12. The summed E-state index contributed by atoms with van der Waals surface area (Å²) >= 11 is 0. The highest BCUT2D eigenvalue weighted by Crippen LogP contribution is 2.19. The second-order valence-electron chi connectivity index (χ2n) is 5.91. The lowest BCUT2D eigenvalue weighted by atomic mass is 10.1. The number of anilines is 3. The maximum Gasteiger partial charge on any atom is 0.275 e. The maximum atomic E-state index is 12.4. The van der Waals surface area contributed by atoms with Crippen molar-refractivity contribution in [1.29, 1.82) is 0 Å². The number of nitrogens with one attached hydrogen (secondary N) is 2. The Morgan fingerprint density at radius 1 is 1.00 bits per heavy atom. The fourth-order valence-electron chi connectivity index (χ4n) is 2.39. The summed E-state index contributed by atoms with van der Waals surface area (Å²) in [7, 11) is 1.62. The second-order valence-corrected chi connectivity index (χ2v) is 5.91. The van der Waals surface area contributed by atoms with Gasteiger partial charge in [0.05, 0.1) is 19.5 Å². The number of hydrogen-bond donors (Lipinski definition) is 2. The number of hydrogen-bond acceptors (Lipinski definition) is 5. The molecule has 0 aliphatic rings. The van der Waals surface area contributed by atoms with Crippen LogP contribution in [0.4, 0.5) is 17.2 Å². The van der Waals surface area contributed by atoms with Crippen LogP contribution in [0, 0.1) is 13.8 Å². The molecule has 0 aliphatic heterocycles. The standard InChI is InChI=1S/C20H20N4O2/c1-13-4-5-14(2)17(10-13)24-20(25)18-11-22-19(12-21-18)23-15-6-8-16(26-3)9-7-15/h4-12H,1-3H3,(H,22,23)(H,24,25). The summed E-state index contributed by atoms with van der Waals surface area (Å²) in [5.41, 5.74) is 3.96. The van der Waals surface area contributed by atoms with Crippen LogP contribution >= 0.6 is 0 Å². The predicted octanol–water partition coefficient (Wildman–Crippen LogP) is 4.10. The minimum atomic E-state index is -0.290. The van der Waals surface area contributed by atoms with Crippen LogP contribution in [0.3, 0.4) is 0 Å². The summed E-state index contributed by atoms with van der Waals surface area (Å²) in [4.78, 5) is 20.8. The third-order valence-corrected chi connectivity index (χ3v) is 3.89. The molecule has 0 unspecified atom stereocenters. The molecular weight excluding hydrogens is 328 g/mol. The fourth-order valence-corrected chi connectivity index (χ4v) is 2.39. The average Bonchev–Trinajstić information content (AvgIpc) is 2.66.